The van der Waals surface area contributed by atoms with Crippen LogP contribution in [0.25, 0.3) is 0 Å². The van der Waals surface area contributed by atoms with E-state index in [1.165, 1.54) is 12.8 Å². The summed E-state index contributed by atoms with van der Waals surface area (Å²) >= 11 is 9.44. The molecule has 3 rings (SSSR count). The van der Waals surface area contributed by atoms with Crippen LogP contribution in [0.4, 0.5) is 5.82 Å². The molecule has 1 amide bonds. The molecule has 120 valence electrons. The minimum Gasteiger partial charge on any atom is -0.357 e. The summed E-state index contributed by atoms with van der Waals surface area (Å²) in [6.07, 6.45) is 4.22. The van der Waals surface area contributed by atoms with Gasteiger partial charge >= 0.3 is 0 Å². The second kappa shape index (κ2) is 7.32. The van der Waals surface area contributed by atoms with Crippen LogP contribution >= 0.6 is 27.5 Å². The molecule has 1 aromatic carbocycles. The molecule has 6 heteroatoms. The summed E-state index contributed by atoms with van der Waals surface area (Å²) in [5.41, 5.74) is 1.51. The highest BCUT2D eigenvalue weighted by Gasteiger charge is 2.14. The van der Waals surface area contributed by atoms with E-state index in [1.807, 2.05) is 12.1 Å². The summed E-state index contributed by atoms with van der Waals surface area (Å²) in [6.45, 7) is 2.56. The van der Waals surface area contributed by atoms with Gasteiger partial charge in [0.05, 0.1) is 10.6 Å². The molecule has 0 bridgehead atoms. The number of halogens is 2. The van der Waals surface area contributed by atoms with Gasteiger partial charge in [0.1, 0.15) is 5.82 Å². The summed E-state index contributed by atoms with van der Waals surface area (Å²) in [5, 5.41) is 3.34. The number of anilines is 1. The fraction of sp³-hybridized carbons (Fsp3) is 0.294. The third-order valence-corrected chi connectivity index (χ3v) is 4.67. The maximum absolute atomic E-state index is 12.3. The van der Waals surface area contributed by atoms with Gasteiger partial charge in [-0.1, -0.05) is 27.5 Å². The highest BCUT2D eigenvalue weighted by Crippen LogP contribution is 2.22. The molecule has 4 nitrogen and oxygen atoms in total. The van der Waals surface area contributed by atoms with E-state index in [1.54, 1.807) is 24.4 Å². The summed E-state index contributed by atoms with van der Waals surface area (Å²) in [4.78, 5) is 18.9. The Labute approximate surface area is 149 Å². The van der Waals surface area contributed by atoms with E-state index in [-0.39, 0.29) is 5.91 Å². The quantitative estimate of drug-likeness (QED) is 0.851. The molecule has 1 aromatic heterocycles. The fourth-order valence-electron chi connectivity index (χ4n) is 2.64. The Kier molecular flexibility index (Phi) is 5.18. The Morgan fingerprint density at radius 1 is 1.26 bits per heavy atom. The Balaban J connectivity index is 1.65. The van der Waals surface area contributed by atoms with Crippen molar-refractivity contribution in [3.8, 4) is 0 Å². The number of rotatable bonds is 4. The molecule has 1 aliphatic heterocycles. The lowest BCUT2D eigenvalue weighted by molar-refractivity contribution is 0.0951. The topological polar surface area (TPSA) is 45.2 Å². The highest BCUT2D eigenvalue weighted by molar-refractivity contribution is 9.10. The Hall–Kier alpha value is -1.59. The normalized spacial score (nSPS) is 14.1. The minimum absolute atomic E-state index is 0.179. The number of nitrogens with one attached hydrogen (secondary N) is 1. The van der Waals surface area contributed by atoms with Crippen LogP contribution in [0.15, 0.2) is 41.0 Å². The van der Waals surface area contributed by atoms with E-state index in [0.29, 0.717) is 17.1 Å². The number of carbonyl (C=O) groups excluding carboxylic acids is 1. The lowest BCUT2D eigenvalue weighted by atomic mass is 10.2. The van der Waals surface area contributed by atoms with Crippen LogP contribution in [0.5, 0.6) is 0 Å². The third-order valence-electron chi connectivity index (χ3n) is 3.87. The number of aromatic nitrogens is 1. The molecular weight excluding hydrogens is 378 g/mol. The largest absolute Gasteiger partial charge is 0.357 e. The first-order chi connectivity index (χ1) is 11.1. The molecule has 0 radical (unpaired) electrons. The second-order valence-electron chi connectivity index (χ2n) is 5.52. The van der Waals surface area contributed by atoms with E-state index in [2.05, 4.69) is 31.1 Å². The monoisotopic (exact) mass is 393 g/mol. The number of hydrogen-bond donors (Lipinski definition) is 1. The standard InChI is InChI=1S/C17H17BrClN3O/c18-13-3-4-14(15(19)10-13)17(23)21-11-12-5-6-20-16(9-12)22-7-1-2-8-22/h3-6,9-10H,1-2,7-8,11H2,(H,21,23). The van der Waals surface area contributed by atoms with Crippen molar-refractivity contribution < 1.29 is 4.79 Å². The van der Waals surface area contributed by atoms with Gasteiger partial charge in [0.25, 0.3) is 5.91 Å². The van der Waals surface area contributed by atoms with Crippen molar-refractivity contribution in [2.45, 2.75) is 19.4 Å². The van der Waals surface area contributed by atoms with Gasteiger partial charge in [0, 0.05) is 30.3 Å². The van der Waals surface area contributed by atoms with Gasteiger partial charge in [-0.3, -0.25) is 4.79 Å². The number of benzene rings is 1. The molecule has 1 N–H and O–H groups in total. The average Bonchev–Trinajstić information content (AvgIpc) is 3.07. The molecule has 0 aliphatic carbocycles. The summed E-state index contributed by atoms with van der Waals surface area (Å²) < 4.78 is 0.850. The average molecular weight is 395 g/mol. The summed E-state index contributed by atoms with van der Waals surface area (Å²) in [5.74, 6) is 0.804. The van der Waals surface area contributed by atoms with Crippen LogP contribution in [0.2, 0.25) is 5.02 Å². The van der Waals surface area contributed by atoms with E-state index >= 15 is 0 Å². The van der Waals surface area contributed by atoms with Crippen molar-refractivity contribution >= 4 is 39.3 Å². The van der Waals surface area contributed by atoms with Crippen molar-refractivity contribution in [1.82, 2.24) is 10.3 Å². The van der Waals surface area contributed by atoms with Crippen LogP contribution < -0.4 is 10.2 Å². The number of carbonyl (C=O) groups is 1. The zero-order chi connectivity index (χ0) is 16.2. The van der Waals surface area contributed by atoms with Gasteiger partial charge < -0.3 is 10.2 Å². The zero-order valence-electron chi connectivity index (χ0n) is 12.6. The molecule has 0 unspecified atom stereocenters. The molecule has 1 aliphatic rings. The molecule has 0 saturated carbocycles. The van der Waals surface area contributed by atoms with E-state index in [4.69, 9.17) is 11.6 Å². The van der Waals surface area contributed by atoms with E-state index < -0.39 is 0 Å². The van der Waals surface area contributed by atoms with Crippen molar-refractivity contribution in [1.29, 1.82) is 0 Å². The van der Waals surface area contributed by atoms with E-state index in [0.717, 1.165) is 28.9 Å². The van der Waals surface area contributed by atoms with Gasteiger partial charge in [-0.15, -0.1) is 0 Å². The summed E-state index contributed by atoms with van der Waals surface area (Å²) in [6, 6.07) is 9.19. The van der Waals surface area contributed by atoms with Crippen LogP contribution in [0.3, 0.4) is 0 Å². The van der Waals surface area contributed by atoms with Crippen LogP contribution in [-0.4, -0.2) is 24.0 Å². The molecule has 0 atom stereocenters. The maximum Gasteiger partial charge on any atom is 0.253 e. The first kappa shape index (κ1) is 16.3. The molecular formula is C17H17BrClN3O. The first-order valence-electron chi connectivity index (χ1n) is 7.56. The van der Waals surface area contributed by atoms with Crippen molar-refractivity contribution in [3.05, 3.63) is 57.2 Å². The molecule has 0 spiro atoms. The minimum atomic E-state index is -0.179. The predicted molar refractivity (Wildman–Crippen MR) is 96.0 cm³/mol. The Bertz CT molecular complexity index is 717. The number of pyridine rings is 1. The number of amides is 1. The predicted octanol–water partition coefficient (Wildman–Crippen LogP) is 4.03. The summed E-state index contributed by atoms with van der Waals surface area (Å²) in [7, 11) is 0. The smallest absolute Gasteiger partial charge is 0.253 e. The van der Waals surface area contributed by atoms with Gasteiger partial charge in [0.15, 0.2) is 0 Å². The Morgan fingerprint density at radius 2 is 2.04 bits per heavy atom. The van der Waals surface area contributed by atoms with Gasteiger partial charge in [0.2, 0.25) is 0 Å². The molecule has 1 saturated heterocycles. The molecule has 1 fully saturated rings. The third kappa shape index (κ3) is 4.03. The second-order valence-corrected chi connectivity index (χ2v) is 6.85. The SMILES string of the molecule is O=C(NCc1ccnc(N2CCCC2)c1)c1ccc(Br)cc1Cl. The molecule has 2 heterocycles. The maximum atomic E-state index is 12.3. The van der Waals surface area contributed by atoms with Crippen LogP contribution in [0.1, 0.15) is 28.8 Å². The van der Waals surface area contributed by atoms with Crippen molar-refractivity contribution in [2.24, 2.45) is 0 Å². The fourth-order valence-corrected chi connectivity index (χ4v) is 3.40. The van der Waals surface area contributed by atoms with Crippen LogP contribution in [0, 0.1) is 0 Å². The zero-order valence-corrected chi connectivity index (χ0v) is 14.9. The highest BCUT2D eigenvalue weighted by atomic mass is 79.9. The van der Waals surface area contributed by atoms with Gasteiger partial charge in [-0.25, -0.2) is 4.98 Å². The van der Waals surface area contributed by atoms with Gasteiger partial charge in [-0.05, 0) is 48.7 Å². The van der Waals surface area contributed by atoms with E-state index in [9.17, 15) is 4.79 Å². The first-order valence-corrected chi connectivity index (χ1v) is 8.74. The molecule has 23 heavy (non-hydrogen) atoms. The number of hydrogen-bond acceptors (Lipinski definition) is 3. The van der Waals surface area contributed by atoms with Crippen LogP contribution in [-0.2, 0) is 6.54 Å². The van der Waals surface area contributed by atoms with Crippen molar-refractivity contribution in [3.63, 3.8) is 0 Å². The lowest BCUT2D eigenvalue weighted by Crippen LogP contribution is -2.24. The molecule has 2 aromatic rings. The number of nitrogens with zero attached hydrogens (tertiary/aromatic N) is 2. The van der Waals surface area contributed by atoms with Gasteiger partial charge in [-0.2, -0.15) is 0 Å². The lowest BCUT2D eigenvalue weighted by Gasteiger charge is -2.17. The Morgan fingerprint density at radius 3 is 2.78 bits per heavy atom. The van der Waals surface area contributed by atoms with Crippen molar-refractivity contribution in [2.75, 3.05) is 18.0 Å².